The molecule has 2 N–H and O–H groups in total. The first kappa shape index (κ1) is 17.7. The van der Waals surface area contributed by atoms with Crippen LogP contribution in [0, 0.1) is 0 Å². The number of hydrogen-bond acceptors (Lipinski definition) is 4. The second-order valence-corrected chi connectivity index (χ2v) is 5.87. The minimum atomic E-state index is -0.350. The molecule has 1 heterocycles. The molecule has 0 saturated carbocycles. The molecule has 1 aliphatic heterocycles. The summed E-state index contributed by atoms with van der Waals surface area (Å²) in [7, 11) is 0. The van der Waals surface area contributed by atoms with Crippen LogP contribution in [0.2, 0.25) is 0 Å². The van der Waals surface area contributed by atoms with Gasteiger partial charge in [0.1, 0.15) is 11.4 Å². The van der Waals surface area contributed by atoms with Crippen LogP contribution in [0.1, 0.15) is 15.9 Å². The van der Waals surface area contributed by atoms with Crippen molar-refractivity contribution >= 4 is 17.9 Å². The van der Waals surface area contributed by atoms with Crippen molar-refractivity contribution in [2.75, 3.05) is 26.3 Å². The fourth-order valence-electron chi connectivity index (χ4n) is 2.61. The maximum Gasteiger partial charge on any atom is 0.270 e. The van der Waals surface area contributed by atoms with Crippen LogP contribution in [0.3, 0.4) is 0 Å². The van der Waals surface area contributed by atoms with Gasteiger partial charge in [0.15, 0.2) is 0 Å². The van der Waals surface area contributed by atoms with Crippen LogP contribution < -0.4 is 5.32 Å². The van der Waals surface area contributed by atoms with Crippen LogP contribution in [0.4, 0.5) is 0 Å². The van der Waals surface area contributed by atoms with E-state index in [-0.39, 0.29) is 23.3 Å². The summed E-state index contributed by atoms with van der Waals surface area (Å²) >= 11 is 0. The van der Waals surface area contributed by atoms with Crippen molar-refractivity contribution < 1.29 is 19.4 Å². The number of aromatic hydroxyl groups is 1. The zero-order valence-corrected chi connectivity index (χ0v) is 14.2. The zero-order valence-electron chi connectivity index (χ0n) is 14.2. The van der Waals surface area contributed by atoms with E-state index in [1.807, 2.05) is 6.07 Å². The van der Waals surface area contributed by atoms with Crippen molar-refractivity contribution in [1.29, 1.82) is 0 Å². The third kappa shape index (κ3) is 4.49. The second-order valence-electron chi connectivity index (χ2n) is 5.87. The predicted molar refractivity (Wildman–Crippen MR) is 97.4 cm³/mol. The SMILES string of the molecule is O=C(N/C(=C\c1ccc(O)cc1)C(=O)N1CCOCC1)c1ccccc1. The minimum Gasteiger partial charge on any atom is -0.508 e. The maximum absolute atomic E-state index is 12.9. The Morgan fingerprint density at radius 2 is 1.65 bits per heavy atom. The number of carbonyl (C=O) groups is 2. The molecule has 2 aromatic carbocycles. The lowest BCUT2D eigenvalue weighted by atomic mass is 10.1. The smallest absolute Gasteiger partial charge is 0.270 e. The lowest BCUT2D eigenvalue weighted by molar-refractivity contribution is -0.131. The fourth-order valence-corrected chi connectivity index (χ4v) is 2.61. The molecular formula is C20H20N2O4. The number of phenolic OH excluding ortho intramolecular Hbond substituents is 1. The molecule has 2 amide bonds. The lowest BCUT2D eigenvalue weighted by Gasteiger charge is -2.27. The number of phenols is 1. The van der Waals surface area contributed by atoms with Crippen LogP contribution >= 0.6 is 0 Å². The van der Waals surface area contributed by atoms with Crippen LogP contribution in [-0.2, 0) is 9.53 Å². The van der Waals surface area contributed by atoms with Crippen LogP contribution in [0.5, 0.6) is 5.75 Å². The Bertz CT molecular complexity index is 794. The first-order valence-corrected chi connectivity index (χ1v) is 8.37. The molecule has 1 saturated heterocycles. The number of ether oxygens (including phenoxy) is 1. The van der Waals surface area contributed by atoms with Gasteiger partial charge in [-0.15, -0.1) is 0 Å². The number of nitrogens with zero attached hydrogens (tertiary/aromatic N) is 1. The molecule has 0 aliphatic carbocycles. The number of morpholine rings is 1. The third-order valence-electron chi connectivity index (χ3n) is 4.02. The van der Waals surface area contributed by atoms with Gasteiger partial charge in [-0.25, -0.2) is 0 Å². The topological polar surface area (TPSA) is 78.9 Å². The van der Waals surface area contributed by atoms with Gasteiger partial charge in [-0.3, -0.25) is 9.59 Å². The Morgan fingerprint density at radius 3 is 2.31 bits per heavy atom. The molecule has 1 fully saturated rings. The Balaban J connectivity index is 1.86. The highest BCUT2D eigenvalue weighted by Crippen LogP contribution is 2.14. The van der Waals surface area contributed by atoms with E-state index >= 15 is 0 Å². The van der Waals surface area contributed by atoms with Gasteiger partial charge in [0.2, 0.25) is 0 Å². The van der Waals surface area contributed by atoms with E-state index in [2.05, 4.69) is 5.32 Å². The van der Waals surface area contributed by atoms with Crippen LogP contribution in [0.15, 0.2) is 60.3 Å². The Hall–Kier alpha value is -3.12. The average molecular weight is 352 g/mol. The van der Waals surface area contributed by atoms with Crippen molar-refractivity contribution in [3.63, 3.8) is 0 Å². The van der Waals surface area contributed by atoms with Crippen molar-refractivity contribution in [3.8, 4) is 5.75 Å². The molecule has 26 heavy (non-hydrogen) atoms. The molecule has 6 nitrogen and oxygen atoms in total. The van der Waals surface area contributed by atoms with Gasteiger partial charge >= 0.3 is 0 Å². The molecule has 0 aromatic heterocycles. The lowest BCUT2D eigenvalue weighted by Crippen LogP contribution is -2.44. The molecule has 0 bridgehead atoms. The number of hydrogen-bond donors (Lipinski definition) is 2. The number of nitrogens with one attached hydrogen (secondary N) is 1. The Morgan fingerprint density at radius 1 is 1.00 bits per heavy atom. The van der Waals surface area contributed by atoms with Gasteiger partial charge in [0.05, 0.1) is 13.2 Å². The highest BCUT2D eigenvalue weighted by Gasteiger charge is 2.22. The van der Waals surface area contributed by atoms with Gasteiger partial charge in [0, 0.05) is 18.7 Å². The molecule has 2 aromatic rings. The van der Waals surface area contributed by atoms with Crippen molar-refractivity contribution in [2.45, 2.75) is 0 Å². The number of rotatable bonds is 4. The largest absolute Gasteiger partial charge is 0.508 e. The Labute approximate surface area is 151 Å². The van der Waals surface area contributed by atoms with Gasteiger partial charge in [-0.05, 0) is 35.9 Å². The molecule has 134 valence electrons. The van der Waals surface area contributed by atoms with E-state index in [1.165, 1.54) is 12.1 Å². The van der Waals surface area contributed by atoms with Crippen LogP contribution in [0.25, 0.3) is 6.08 Å². The predicted octanol–water partition coefficient (Wildman–Crippen LogP) is 2.02. The highest BCUT2D eigenvalue weighted by atomic mass is 16.5. The standard InChI is InChI=1S/C20H20N2O4/c23-17-8-6-15(7-9-17)14-18(20(25)22-10-12-26-13-11-22)21-19(24)16-4-2-1-3-5-16/h1-9,14,23H,10-13H2,(H,21,24)/b18-14-. The van der Waals surface area contributed by atoms with Crippen molar-refractivity contribution in [1.82, 2.24) is 10.2 Å². The summed E-state index contributed by atoms with van der Waals surface area (Å²) in [4.78, 5) is 27.0. The summed E-state index contributed by atoms with van der Waals surface area (Å²) < 4.78 is 5.28. The molecule has 1 aliphatic rings. The summed E-state index contributed by atoms with van der Waals surface area (Å²) in [5.74, 6) is -0.473. The average Bonchev–Trinajstić information content (AvgIpc) is 2.70. The van der Waals surface area contributed by atoms with Gasteiger partial charge in [-0.1, -0.05) is 30.3 Å². The first-order chi connectivity index (χ1) is 12.6. The van der Waals surface area contributed by atoms with E-state index in [1.54, 1.807) is 47.4 Å². The number of benzene rings is 2. The monoisotopic (exact) mass is 352 g/mol. The summed E-state index contributed by atoms with van der Waals surface area (Å²) in [5.41, 5.74) is 1.36. The van der Waals surface area contributed by atoms with Gasteiger partial charge < -0.3 is 20.1 Å². The van der Waals surface area contributed by atoms with Crippen LogP contribution in [-0.4, -0.2) is 48.1 Å². The molecule has 0 atom stereocenters. The van der Waals surface area contributed by atoms with E-state index < -0.39 is 0 Å². The fraction of sp³-hybridized carbons (Fsp3) is 0.200. The quantitative estimate of drug-likeness (QED) is 0.825. The normalized spacial score (nSPS) is 14.8. The van der Waals surface area contributed by atoms with Crippen molar-refractivity contribution in [3.05, 3.63) is 71.4 Å². The number of amides is 2. The van der Waals surface area contributed by atoms with E-state index in [0.29, 0.717) is 37.4 Å². The zero-order chi connectivity index (χ0) is 18.4. The van der Waals surface area contributed by atoms with E-state index in [4.69, 9.17) is 4.74 Å². The van der Waals surface area contributed by atoms with Crippen molar-refractivity contribution in [2.24, 2.45) is 0 Å². The van der Waals surface area contributed by atoms with E-state index in [9.17, 15) is 14.7 Å². The number of carbonyl (C=O) groups excluding carboxylic acids is 2. The first-order valence-electron chi connectivity index (χ1n) is 8.37. The summed E-state index contributed by atoms with van der Waals surface area (Å²) in [6.07, 6.45) is 1.61. The maximum atomic E-state index is 12.9. The molecule has 6 heteroatoms. The summed E-state index contributed by atoms with van der Waals surface area (Å²) in [6.45, 7) is 1.91. The van der Waals surface area contributed by atoms with Gasteiger partial charge in [0.25, 0.3) is 11.8 Å². The Kier molecular flexibility index (Phi) is 5.66. The summed E-state index contributed by atoms with van der Waals surface area (Å²) in [6, 6.07) is 15.1. The van der Waals surface area contributed by atoms with E-state index in [0.717, 1.165) is 0 Å². The highest BCUT2D eigenvalue weighted by molar-refractivity contribution is 6.05. The molecular weight excluding hydrogens is 332 g/mol. The van der Waals surface area contributed by atoms with Gasteiger partial charge in [-0.2, -0.15) is 0 Å². The third-order valence-corrected chi connectivity index (χ3v) is 4.02. The summed E-state index contributed by atoms with van der Waals surface area (Å²) in [5, 5.41) is 12.1. The second kappa shape index (κ2) is 8.31. The molecule has 0 radical (unpaired) electrons. The minimum absolute atomic E-state index is 0.136. The molecule has 0 unspecified atom stereocenters. The molecule has 0 spiro atoms. The molecule has 3 rings (SSSR count).